The molecule has 1 saturated carbocycles. The van der Waals surface area contributed by atoms with E-state index in [0.29, 0.717) is 28.0 Å². The van der Waals surface area contributed by atoms with Gasteiger partial charge in [0.1, 0.15) is 35.7 Å². The van der Waals surface area contributed by atoms with Gasteiger partial charge in [0.05, 0.1) is 18.9 Å². The Morgan fingerprint density at radius 2 is 1.85 bits per heavy atom. The van der Waals surface area contributed by atoms with Crippen LogP contribution in [0.15, 0.2) is 52.4 Å². The molecule has 2 aromatic carbocycles. The highest BCUT2D eigenvalue weighted by Crippen LogP contribution is 2.53. The van der Waals surface area contributed by atoms with E-state index in [1.165, 1.54) is 26.5 Å². The number of hydrogen-bond acceptors (Lipinski definition) is 10. The number of aliphatic hydroxyl groups excluding tert-OH is 2. The van der Waals surface area contributed by atoms with Crippen LogP contribution in [0.4, 0.5) is 0 Å². The Labute approximate surface area is 222 Å². The summed E-state index contributed by atoms with van der Waals surface area (Å²) in [6, 6.07) is 8.34. The van der Waals surface area contributed by atoms with Crippen molar-refractivity contribution in [2.45, 2.75) is 24.9 Å². The molecule has 0 unspecified atom stereocenters. The number of Topliss-reactive ketones (excluding diaryl/α,β-unsaturated/α-hetero) is 2. The van der Waals surface area contributed by atoms with Gasteiger partial charge >= 0.3 is 0 Å². The van der Waals surface area contributed by atoms with Gasteiger partial charge in [-0.3, -0.25) is 14.4 Å². The van der Waals surface area contributed by atoms with Crippen LogP contribution >= 0.6 is 0 Å². The summed E-state index contributed by atoms with van der Waals surface area (Å²) in [5, 5.41) is 48.0. The molecular formula is C28H26N2O9. The summed E-state index contributed by atoms with van der Waals surface area (Å²) in [4.78, 5) is 42.8. The smallest absolute Gasteiger partial charge is 0.255 e. The molecule has 1 fully saturated rings. The number of carbonyl (C=O) groups excluding carboxylic acids is 3. The van der Waals surface area contributed by atoms with Crippen LogP contribution < -0.4 is 10.5 Å². The molecule has 0 aliphatic heterocycles. The minimum atomic E-state index is -2.61. The van der Waals surface area contributed by atoms with Crippen molar-refractivity contribution in [3.05, 3.63) is 63.9 Å². The van der Waals surface area contributed by atoms with Crippen LogP contribution in [0.5, 0.6) is 11.5 Å². The predicted molar refractivity (Wildman–Crippen MR) is 138 cm³/mol. The molecule has 1 amide bonds. The molecule has 202 valence electrons. The van der Waals surface area contributed by atoms with E-state index in [4.69, 9.17) is 15.3 Å². The van der Waals surface area contributed by atoms with Crippen molar-refractivity contribution >= 4 is 29.4 Å². The topological polar surface area (TPSA) is 189 Å². The number of nitrogens with zero attached hydrogens (tertiary/aromatic N) is 1. The second-order valence-corrected chi connectivity index (χ2v) is 9.77. The van der Waals surface area contributed by atoms with Crippen molar-refractivity contribution in [1.29, 1.82) is 0 Å². The molecule has 5 rings (SSSR count). The molecule has 0 radical (unpaired) electrons. The number of fused-ring (bicyclic) bond motifs is 3. The average molecular weight is 535 g/mol. The molecule has 0 saturated heterocycles. The first-order chi connectivity index (χ1) is 18.5. The lowest BCUT2D eigenvalue weighted by Crippen LogP contribution is -2.58. The second-order valence-electron chi connectivity index (χ2n) is 9.77. The van der Waals surface area contributed by atoms with Gasteiger partial charge in [-0.2, -0.15) is 0 Å². The normalized spacial score (nSPS) is 24.4. The van der Waals surface area contributed by atoms with Gasteiger partial charge in [-0.1, -0.05) is 11.2 Å². The summed E-state index contributed by atoms with van der Waals surface area (Å²) in [5.74, 6) is -6.24. The second kappa shape index (κ2) is 9.28. The Kier molecular flexibility index (Phi) is 6.18. The van der Waals surface area contributed by atoms with Crippen molar-refractivity contribution in [1.82, 2.24) is 0 Å². The fourth-order valence-electron chi connectivity index (χ4n) is 6.00. The minimum absolute atomic E-state index is 0.00218. The van der Waals surface area contributed by atoms with Crippen LogP contribution in [-0.2, 0) is 25.6 Å². The predicted octanol–water partition coefficient (Wildman–Crippen LogP) is 2.08. The highest BCUT2D eigenvalue weighted by atomic mass is 16.6. The van der Waals surface area contributed by atoms with E-state index in [-0.39, 0.29) is 36.1 Å². The first-order valence-corrected chi connectivity index (χ1v) is 12.1. The molecule has 3 aliphatic carbocycles. The Hall–Kier alpha value is -4.64. The van der Waals surface area contributed by atoms with Crippen molar-refractivity contribution in [2.24, 2.45) is 22.7 Å². The first kappa shape index (κ1) is 26.0. The van der Waals surface area contributed by atoms with Crippen LogP contribution in [0.2, 0.25) is 0 Å². The van der Waals surface area contributed by atoms with Crippen LogP contribution in [0.25, 0.3) is 16.9 Å². The maximum absolute atomic E-state index is 13.7. The third kappa shape index (κ3) is 3.76. The van der Waals surface area contributed by atoms with Gasteiger partial charge in [0.15, 0.2) is 11.4 Å². The number of rotatable bonds is 5. The number of aliphatic hydroxyl groups is 3. The Balaban J connectivity index is 1.70. The maximum atomic E-state index is 13.7. The van der Waals surface area contributed by atoms with Crippen molar-refractivity contribution in [3.8, 4) is 22.6 Å². The lowest BCUT2D eigenvalue weighted by Gasteiger charge is -2.46. The molecule has 0 heterocycles. The molecule has 3 aliphatic rings. The zero-order valence-corrected chi connectivity index (χ0v) is 21.1. The van der Waals surface area contributed by atoms with E-state index in [2.05, 4.69) is 5.16 Å². The SMILES string of the molecule is CO/N=C/c1ccc(OC)c(-c2ccc(O)c3c2C[C@H]2C[C@H]4CC(=O)C(C(N)=O)=C(O)[C@@]4(O)C(=O)C2=C3O)c1. The number of aromatic hydroxyl groups is 1. The number of ether oxygens (including phenoxy) is 1. The number of carbonyl (C=O) groups is 3. The number of amides is 1. The van der Waals surface area contributed by atoms with Gasteiger partial charge in [-0.05, 0) is 59.7 Å². The van der Waals surface area contributed by atoms with Gasteiger partial charge in [0.25, 0.3) is 5.91 Å². The van der Waals surface area contributed by atoms with E-state index < -0.39 is 52.0 Å². The van der Waals surface area contributed by atoms with Gasteiger partial charge in [0, 0.05) is 23.5 Å². The Morgan fingerprint density at radius 1 is 1.10 bits per heavy atom. The molecule has 0 spiro atoms. The zero-order valence-electron chi connectivity index (χ0n) is 21.1. The first-order valence-electron chi connectivity index (χ1n) is 12.1. The number of oxime groups is 1. The zero-order chi connectivity index (χ0) is 28.2. The molecule has 0 aromatic heterocycles. The highest BCUT2D eigenvalue weighted by molar-refractivity contribution is 6.22. The van der Waals surface area contributed by atoms with E-state index in [0.717, 1.165) is 0 Å². The molecule has 3 atom stereocenters. The lowest BCUT2D eigenvalue weighted by atomic mass is 9.59. The number of phenolic OH excluding ortho intramolecular Hbond substituents is 1. The van der Waals surface area contributed by atoms with Crippen molar-refractivity contribution < 1.29 is 44.4 Å². The average Bonchev–Trinajstić information content (AvgIpc) is 2.89. The standard InChI is InChI=1S/C28H26N2O9/c1-38-20-6-3-12(11-30-39-2)7-16(20)15-4-5-18(31)22-17(15)9-13-8-14-10-19(32)23(27(29)36)26(35)28(14,37)25(34)21(13)24(22)33/h3-7,11,13-14,31,33,35,37H,8-10H2,1-2H3,(H2,29,36)/b30-11+/t13-,14+,28+/m1/s1. The fourth-order valence-corrected chi connectivity index (χ4v) is 6.00. The van der Waals surface area contributed by atoms with Crippen LogP contribution in [-0.4, -0.2) is 63.9 Å². The quantitative estimate of drug-likeness (QED) is 0.217. The number of primary amides is 1. The third-order valence-corrected chi connectivity index (χ3v) is 7.77. The number of nitrogens with two attached hydrogens (primary N) is 1. The van der Waals surface area contributed by atoms with E-state index in [1.807, 2.05) is 0 Å². The third-order valence-electron chi connectivity index (χ3n) is 7.77. The lowest BCUT2D eigenvalue weighted by molar-refractivity contribution is -0.147. The number of benzene rings is 2. The summed E-state index contributed by atoms with van der Waals surface area (Å²) in [7, 11) is 2.92. The summed E-state index contributed by atoms with van der Waals surface area (Å²) in [6.45, 7) is 0. The summed E-state index contributed by atoms with van der Waals surface area (Å²) in [5.41, 5.74) is 4.05. The van der Waals surface area contributed by atoms with Crippen LogP contribution in [0.1, 0.15) is 29.5 Å². The van der Waals surface area contributed by atoms with Crippen molar-refractivity contribution in [3.63, 3.8) is 0 Å². The van der Waals surface area contributed by atoms with E-state index in [1.54, 1.807) is 24.3 Å². The monoisotopic (exact) mass is 534 g/mol. The molecule has 11 heteroatoms. The number of phenols is 1. The Bertz CT molecular complexity index is 1540. The van der Waals surface area contributed by atoms with Gasteiger partial charge in [-0.15, -0.1) is 0 Å². The minimum Gasteiger partial charge on any atom is -0.508 e. The number of methoxy groups -OCH3 is 1. The summed E-state index contributed by atoms with van der Waals surface area (Å²) in [6.07, 6.45) is 1.32. The largest absolute Gasteiger partial charge is 0.508 e. The van der Waals surface area contributed by atoms with Gasteiger partial charge in [-0.25, -0.2) is 0 Å². The van der Waals surface area contributed by atoms with Crippen molar-refractivity contribution in [2.75, 3.05) is 14.2 Å². The molecule has 2 aromatic rings. The maximum Gasteiger partial charge on any atom is 0.255 e. The Morgan fingerprint density at radius 3 is 2.51 bits per heavy atom. The molecular weight excluding hydrogens is 508 g/mol. The van der Waals surface area contributed by atoms with Crippen LogP contribution in [0.3, 0.4) is 0 Å². The summed E-state index contributed by atoms with van der Waals surface area (Å²) < 4.78 is 5.56. The molecule has 0 bridgehead atoms. The van der Waals surface area contributed by atoms with E-state index in [9.17, 15) is 34.8 Å². The van der Waals surface area contributed by atoms with Gasteiger partial charge < -0.3 is 35.7 Å². The fraction of sp³-hybridized carbons (Fsp3) is 0.286. The van der Waals surface area contributed by atoms with E-state index >= 15 is 0 Å². The number of hydrogen-bond donors (Lipinski definition) is 5. The summed E-state index contributed by atoms with van der Waals surface area (Å²) >= 11 is 0. The molecule has 39 heavy (non-hydrogen) atoms. The molecule has 6 N–H and O–H groups in total. The number of ketones is 2. The van der Waals surface area contributed by atoms with Gasteiger partial charge in [0.2, 0.25) is 5.78 Å². The highest BCUT2D eigenvalue weighted by Gasteiger charge is 2.60. The van der Waals surface area contributed by atoms with Crippen LogP contribution in [0, 0.1) is 11.8 Å². The molecule has 11 nitrogen and oxygen atoms in total.